The third-order valence-electron chi connectivity index (χ3n) is 0.916. The molecule has 0 aromatic carbocycles. The molecule has 0 saturated heterocycles. The Morgan fingerprint density at radius 3 is 2.83 bits per heavy atom. The van der Waals surface area contributed by atoms with Crippen molar-refractivity contribution in [2.75, 3.05) is 19.7 Å². The molecule has 72 valence electrons. The first-order valence-corrected chi connectivity index (χ1v) is 4.79. The Bertz CT molecular complexity index is 131. The van der Waals surface area contributed by atoms with Gasteiger partial charge >= 0.3 is 5.97 Å². The maximum Gasteiger partial charge on any atom is 0.320 e. The topological polar surface area (TPSA) is 64.3 Å². The number of rotatable bonds is 6. The average molecular weight is 192 g/mol. The molecule has 0 atom stereocenters. The summed E-state index contributed by atoms with van der Waals surface area (Å²) in [6, 6.07) is 0. The molecule has 0 bridgehead atoms. The van der Waals surface area contributed by atoms with Crippen LogP contribution in [0.4, 0.5) is 0 Å². The van der Waals surface area contributed by atoms with Gasteiger partial charge in [-0.3, -0.25) is 9.52 Å². The zero-order valence-electron chi connectivity index (χ0n) is 7.50. The lowest BCUT2D eigenvalue weighted by atomic mass is 10.6. The van der Waals surface area contributed by atoms with E-state index in [9.17, 15) is 4.79 Å². The second-order valence-electron chi connectivity index (χ2n) is 2.50. The molecule has 0 aliphatic carbocycles. The summed E-state index contributed by atoms with van der Waals surface area (Å²) in [6.45, 7) is 5.00. The molecule has 0 aromatic heterocycles. The summed E-state index contributed by atoms with van der Waals surface area (Å²) in [7, 11) is 0. The quantitative estimate of drug-likeness (QED) is 0.463. The molecule has 0 amide bonds. The summed E-state index contributed by atoms with van der Waals surface area (Å²) in [4.78, 5) is 10.8. The van der Waals surface area contributed by atoms with Gasteiger partial charge in [-0.05, 0) is 0 Å². The van der Waals surface area contributed by atoms with Crippen LogP contribution in [0.15, 0.2) is 0 Å². The Hall–Kier alpha value is -0.260. The van der Waals surface area contributed by atoms with E-state index in [1.54, 1.807) is 0 Å². The number of nitrogens with one attached hydrogen (secondary N) is 1. The zero-order valence-corrected chi connectivity index (χ0v) is 8.32. The van der Waals surface area contributed by atoms with Crippen LogP contribution >= 0.6 is 11.9 Å². The highest BCUT2D eigenvalue weighted by Crippen LogP contribution is 2.01. The van der Waals surface area contributed by atoms with E-state index in [2.05, 4.69) is 4.72 Å². The van der Waals surface area contributed by atoms with Crippen LogP contribution in [0.5, 0.6) is 0 Å². The van der Waals surface area contributed by atoms with E-state index in [1.807, 2.05) is 13.8 Å². The molecule has 0 aliphatic heterocycles. The fourth-order valence-electron chi connectivity index (χ4n) is 0.491. The van der Waals surface area contributed by atoms with Gasteiger partial charge < -0.3 is 10.5 Å². The van der Waals surface area contributed by atoms with Gasteiger partial charge in [-0.1, -0.05) is 25.8 Å². The maximum absolute atomic E-state index is 10.8. The molecular formula is C7H16N2O2S. The molecule has 0 spiro atoms. The summed E-state index contributed by atoms with van der Waals surface area (Å²) in [5, 5.41) is 0.465. The van der Waals surface area contributed by atoms with E-state index >= 15 is 0 Å². The molecule has 0 fully saturated rings. The highest BCUT2D eigenvalue weighted by Gasteiger charge is 2.01. The standard InChI is InChI=1S/C7H16N2O2S/c1-6(2)12-9-5-7(10)11-4-3-8/h6,9H,3-5,8H2,1-2H3. The highest BCUT2D eigenvalue weighted by molar-refractivity contribution is 7.98. The first-order chi connectivity index (χ1) is 5.66. The van der Waals surface area contributed by atoms with Crippen LogP contribution in [-0.4, -0.2) is 30.9 Å². The first-order valence-electron chi connectivity index (χ1n) is 3.91. The molecule has 3 N–H and O–H groups in total. The minimum Gasteiger partial charge on any atom is -0.463 e. The van der Waals surface area contributed by atoms with Gasteiger partial charge in [0.2, 0.25) is 0 Å². The lowest BCUT2D eigenvalue weighted by Gasteiger charge is -2.06. The lowest BCUT2D eigenvalue weighted by molar-refractivity contribution is -0.141. The average Bonchev–Trinajstić information content (AvgIpc) is 2.00. The molecule has 0 aromatic rings. The van der Waals surface area contributed by atoms with Crippen molar-refractivity contribution < 1.29 is 9.53 Å². The maximum atomic E-state index is 10.8. The van der Waals surface area contributed by atoms with Crippen LogP contribution in [0, 0.1) is 0 Å². The van der Waals surface area contributed by atoms with Crippen LogP contribution in [0.3, 0.4) is 0 Å². The Labute approximate surface area is 77.4 Å². The summed E-state index contributed by atoms with van der Waals surface area (Å²) >= 11 is 1.51. The van der Waals surface area contributed by atoms with E-state index < -0.39 is 0 Å². The van der Waals surface area contributed by atoms with Crippen molar-refractivity contribution in [3.63, 3.8) is 0 Å². The predicted molar refractivity (Wildman–Crippen MR) is 50.7 cm³/mol. The Kier molecular flexibility index (Phi) is 7.23. The molecule has 12 heavy (non-hydrogen) atoms. The van der Waals surface area contributed by atoms with E-state index in [0.29, 0.717) is 18.4 Å². The van der Waals surface area contributed by atoms with E-state index in [-0.39, 0.29) is 12.5 Å². The van der Waals surface area contributed by atoms with Crippen molar-refractivity contribution in [1.82, 2.24) is 4.72 Å². The van der Waals surface area contributed by atoms with Crippen molar-refractivity contribution in [3.8, 4) is 0 Å². The summed E-state index contributed by atoms with van der Waals surface area (Å²) < 4.78 is 7.63. The third kappa shape index (κ3) is 7.84. The van der Waals surface area contributed by atoms with Gasteiger partial charge in [0, 0.05) is 11.8 Å². The Morgan fingerprint density at radius 2 is 2.33 bits per heavy atom. The monoisotopic (exact) mass is 192 g/mol. The number of nitrogens with two attached hydrogens (primary N) is 1. The number of hydrogen-bond donors (Lipinski definition) is 2. The van der Waals surface area contributed by atoms with Crippen LogP contribution in [-0.2, 0) is 9.53 Å². The third-order valence-corrected chi connectivity index (χ3v) is 1.70. The molecular weight excluding hydrogens is 176 g/mol. The van der Waals surface area contributed by atoms with Crippen LogP contribution in [0.25, 0.3) is 0 Å². The minimum absolute atomic E-state index is 0.239. The fourth-order valence-corrected chi connectivity index (χ4v) is 1.03. The number of carbonyl (C=O) groups excluding carboxylic acids is 1. The van der Waals surface area contributed by atoms with Gasteiger partial charge in [0.05, 0.1) is 0 Å². The van der Waals surface area contributed by atoms with Gasteiger partial charge in [0.1, 0.15) is 13.2 Å². The highest BCUT2D eigenvalue weighted by atomic mass is 32.2. The Morgan fingerprint density at radius 1 is 1.67 bits per heavy atom. The second kappa shape index (κ2) is 7.39. The van der Waals surface area contributed by atoms with Gasteiger partial charge in [-0.2, -0.15) is 0 Å². The summed E-state index contributed by atoms with van der Waals surface area (Å²) in [5.74, 6) is -0.256. The smallest absolute Gasteiger partial charge is 0.320 e. The van der Waals surface area contributed by atoms with Crippen LogP contribution in [0.2, 0.25) is 0 Å². The minimum atomic E-state index is -0.256. The normalized spacial score (nSPS) is 10.3. The number of esters is 1. The number of hydrogen-bond acceptors (Lipinski definition) is 5. The van der Waals surface area contributed by atoms with E-state index in [4.69, 9.17) is 10.5 Å². The molecule has 4 nitrogen and oxygen atoms in total. The molecule has 0 radical (unpaired) electrons. The molecule has 0 heterocycles. The molecule has 0 saturated carbocycles. The van der Waals surface area contributed by atoms with Crippen LogP contribution in [0.1, 0.15) is 13.8 Å². The molecule has 5 heteroatoms. The first kappa shape index (κ1) is 11.7. The van der Waals surface area contributed by atoms with Gasteiger partial charge in [0.25, 0.3) is 0 Å². The van der Waals surface area contributed by atoms with Gasteiger partial charge in [-0.15, -0.1) is 0 Å². The predicted octanol–water partition coefficient (Wildman–Crippen LogP) is 0.134. The van der Waals surface area contributed by atoms with Crippen molar-refractivity contribution in [2.24, 2.45) is 5.73 Å². The lowest BCUT2D eigenvalue weighted by Crippen LogP contribution is -2.23. The van der Waals surface area contributed by atoms with E-state index in [0.717, 1.165) is 0 Å². The molecule has 0 aliphatic rings. The summed E-state index contributed by atoms with van der Waals surface area (Å²) in [5.41, 5.74) is 5.15. The largest absolute Gasteiger partial charge is 0.463 e. The number of ether oxygens (including phenoxy) is 1. The summed E-state index contributed by atoms with van der Waals surface area (Å²) in [6.07, 6.45) is 0. The van der Waals surface area contributed by atoms with Gasteiger partial charge in [-0.25, -0.2) is 0 Å². The molecule has 0 rings (SSSR count). The van der Waals surface area contributed by atoms with Crippen molar-refractivity contribution >= 4 is 17.9 Å². The Balaban J connectivity index is 3.20. The van der Waals surface area contributed by atoms with Crippen molar-refractivity contribution in [2.45, 2.75) is 19.1 Å². The number of carbonyl (C=O) groups is 1. The van der Waals surface area contributed by atoms with E-state index in [1.165, 1.54) is 11.9 Å². The van der Waals surface area contributed by atoms with Crippen LogP contribution < -0.4 is 10.5 Å². The SMILES string of the molecule is CC(C)SNCC(=O)OCCN. The van der Waals surface area contributed by atoms with Crippen molar-refractivity contribution in [3.05, 3.63) is 0 Å². The zero-order chi connectivity index (χ0) is 9.40. The van der Waals surface area contributed by atoms with Gasteiger partial charge in [0.15, 0.2) is 0 Å². The molecule has 0 unspecified atom stereocenters. The van der Waals surface area contributed by atoms with Crippen molar-refractivity contribution in [1.29, 1.82) is 0 Å². The fraction of sp³-hybridized carbons (Fsp3) is 0.857. The second-order valence-corrected chi connectivity index (χ2v) is 3.96.